The Bertz CT molecular complexity index is 2790. The topological polar surface area (TPSA) is 3.24 Å². The molecule has 4 fully saturated rings. The van der Waals surface area contributed by atoms with Gasteiger partial charge in [-0.15, -0.1) is 0 Å². The molecule has 1 heterocycles. The van der Waals surface area contributed by atoms with E-state index in [0.29, 0.717) is 5.41 Å². The third kappa shape index (κ3) is 4.30. The summed E-state index contributed by atoms with van der Waals surface area (Å²) in [5, 5.41) is 0. The number of nitrogens with zero attached hydrogens (tertiary/aromatic N) is 1. The van der Waals surface area contributed by atoms with Crippen LogP contribution in [0.3, 0.4) is 0 Å². The fraction of sp³-hybridized carbons (Fsp3) is 0.368. The highest BCUT2D eigenvalue weighted by molar-refractivity contribution is 7.99. The van der Waals surface area contributed by atoms with Crippen LogP contribution in [-0.4, -0.2) is 0 Å². The average Bonchev–Trinajstić information content (AvgIpc) is 3.85. The molecule has 59 heavy (non-hydrogen) atoms. The Kier molecular flexibility index (Phi) is 6.83. The Morgan fingerprint density at radius 1 is 0.508 bits per heavy atom. The van der Waals surface area contributed by atoms with Gasteiger partial charge in [0.2, 0.25) is 0 Å². The predicted octanol–water partition coefficient (Wildman–Crippen LogP) is 15.3. The molecule has 4 saturated carbocycles. The van der Waals surface area contributed by atoms with E-state index in [1.165, 1.54) is 110 Å². The van der Waals surface area contributed by atoms with Crippen molar-refractivity contribution in [1.29, 1.82) is 0 Å². The molecule has 0 aromatic heterocycles. The maximum absolute atomic E-state index is 2.62. The molecule has 6 aliphatic carbocycles. The summed E-state index contributed by atoms with van der Waals surface area (Å²) in [7, 11) is 0. The lowest BCUT2D eigenvalue weighted by molar-refractivity contribution is -0.235. The largest absolute Gasteiger partial charge is 0.310 e. The van der Waals surface area contributed by atoms with E-state index >= 15 is 0 Å². The van der Waals surface area contributed by atoms with E-state index in [1.54, 1.807) is 11.1 Å². The molecule has 2 spiro atoms. The van der Waals surface area contributed by atoms with Gasteiger partial charge in [-0.3, -0.25) is 0 Å². The summed E-state index contributed by atoms with van der Waals surface area (Å²) in [4.78, 5) is 5.59. The van der Waals surface area contributed by atoms with Gasteiger partial charge in [-0.05, 0) is 170 Å². The monoisotopic (exact) mass is 785 g/mol. The molecule has 2 bridgehead atoms. The average molecular weight is 786 g/mol. The molecule has 0 N–H and O–H groups in total. The van der Waals surface area contributed by atoms with E-state index in [1.807, 2.05) is 0 Å². The fourth-order valence-corrected chi connectivity index (χ4v) is 16.5. The minimum atomic E-state index is -0.0768. The van der Waals surface area contributed by atoms with Crippen LogP contribution >= 0.6 is 11.8 Å². The maximum atomic E-state index is 2.62. The van der Waals surface area contributed by atoms with E-state index in [0.717, 1.165) is 23.7 Å². The summed E-state index contributed by atoms with van der Waals surface area (Å²) < 4.78 is 0. The highest BCUT2D eigenvalue weighted by Crippen LogP contribution is 2.89. The van der Waals surface area contributed by atoms with Crippen molar-refractivity contribution in [1.82, 2.24) is 0 Å². The first-order chi connectivity index (χ1) is 28.4. The van der Waals surface area contributed by atoms with Gasteiger partial charge >= 0.3 is 0 Å². The first kappa shape index (κ1) is 35.2. The van der Waals surface area contributed by atoms with Crippen LogP contribution in [0.2, 0.25) is 0 Å². The lowest BCUT2D eigenvalue weighted by atomic mass is 9.26. The second kappa shape index (κ2) is 11.4. The van der Waals surface area contributed by atoms with Crippen LogP contribution < -0.4 is 4.90 Å². The second-order valence-corrected chi connectivity index (χ2v) is 22.7. The van der Waals surface area contributed by atoms with Gasteiger partial charge in [0.05, 0.1) is 0 Å². The summed E-state index contributed by atoms with van der Waals surface area (Å²) in [5.41, 5.74) is 19.3. The van der Waals surface area contributed by atoms with Gasteiger partial charge in [-0.25, -0.2) is 0 Å². The summed E-state index contributed by atoms with van der Waals surface area (Å²) in [6.45, 7) is 14.7. The number of rotatable bonds is 4. The Hall–Kier alpha value is -4.53. The van der Waals surface area contributed by atoms with Crippen molar-refractivity contribution < 1.29 is 0 Å². The normalized spacial score (nSPS) is 29.6. The molecule has 0 radical (unpaired) electrons. The number of anilines is 3. The maximum Gasteiger partial charge on any atom is 0.0473 e. The molecular formula is C57H55NS. The third-order valence-corrected chi connectivity index (χ3v) is 19.1. The highest BCUT2D eigenvalue weighted by Gasteiger charge is 2.84. The third-order valence-electron chi connectivity index (χ3n) is 17.9. The van der Waals surface area contributed by atoms with E-state index in [-0.39, 0.29) is 21.7 Å². The van der Waals surface area contributed by atoms with Crippen molar-refractivity contribution in [2.24, 2.45) is 29.1 Å². The van der Waals surface area contributed by atoms with Crippen molar-refractivity contribution in [3.05, 3.63) is 161 Å². The second-order valence-electron chi connectivity index (χ2n) is 21.6. The molecule has 294 valence electrons. The van der Waals surface area contributed by atoms with Gasteiger partial charge in [0, 0.05) is 37.7 Å². The molecular weight excluding hydrogens is 731 g/mol. The van der Waals surface area contributed by atoms with Crippen molar-refractivity contribution in [3.63, 3.8) is 0 Å². The van der Waals surface area contributed by atoms with Crippen LogP contribution in [0.15, 0.2) is 137 Å². The Labute approximate surface area is 355 Å². The van der Waals surface area contributed by atoms with E-state index in [4.69, 9.17) is 0 Å². The quantitative estimate of drug-likeness (QED) is 0.175. The van der Waals surface area contributed by atoms with Gasteiger partial charge in [-0.2, -0.15) is 0 Å². The molecule has 2 heteroatoms. The molecule has 1 nitrogen and oxygen atoms in total. The Morgan fingerprint density at radius 2 is 1.14 bits per heavy atom. The van der Waals surface area contributed by atoms with E-state index in [2.05, 4.69) is 186 Å². The molecule has 6 aromatic carbocycles. The van der Waals surface area contributed by atoms with Crippen LogP contribution in [0.4, 0.5) is 17.1 Å². The zero-order chi connectivity index (χ0) is 39.8. The van der Waals surface area contributed by atoms with Gasteiger partial charge in [0.1, 0.15) is 0 Å². The van der Waals surface area contributed by atoms with E-state index < -0.39 is 0 Å². The van der Waals surface area contributed by atoms with E-state index in [9.17, 15) is 0 Å². The molecule has 1 aliphatic heterocycles. The van der Waals surface area contributed by atoms with Crippen LogP contribution in [0.25, 0.3) is 22.3 Å². The molecule has 7 aliphatic rings. The smallest absolute Gasteiger partial charge is 0.0473 e. The molecule has 6 unspecified atom stereocenters. The first-order valence-electron chi connectivity index (χ1n) is 22.6. The van der Waals surface area contributed by atoms with Crippen molar-refractivity contribution in [2.45, 2.75) is 112 Å². The minimum Gasteiger partial charge on any atom is -0.310 e. The Morgan fingerprint density at radius 3 is 1.93 bits per heavy atom. The molecule has 13 rings (SSSR count). The predicted molar refractivity (Wildman–Crippen MR) is 246 cm³/mol. The Balaban J connectivity index is 1.02. The zero-order valence-corrected chi connectivity index (χ0v) is 36.3. The van der Waals surface area contributed by atoms with Gasteiger partial charge in [-0.1, -0.05) is 144 Å². The zero-order valence-electron chi connectivity index (χ0n) is 35.5. The summed E-state index contributed by atoms with van der Waals surface area (Å²) >= 11 is 2.06. The number of hydrogen-bond acceptors (Lipinski definition) is 2. The van der Waals surface area contributed by atoms with Crippen molar-refractivity contribution in [3.8, 4) is 22.3 Å². The number of fused-ring (bicyclic) bond motifs is 11. The first-order valence-corrected chi connectivity index (χ1v) is 23.5. The van der Waals surface area contributed by atoms with Crippen LogP contribution in [-0.2, 0) is 21.7 Å². The lowest BCUT2D eigenvalue weighted by Crippen LogP contribution is -2.74. The molecule has 0 saturated heterocycles. The standard InChI is InChI=1S/C57H55NS/c1-53(2)25-26-54(3,4)48-31-38(20-23-44(48)53)58(37-19-22-42-41-15-10-11-17-43(41)55(5,6)47(42)30-37)39-21-24-45-49(32-39)59-52-40(35-13-8-7-9-14-35)16-12-18-46(52)57(45)50-28-34-27-36-29-51(57)56(36,50)33-34/h7-24,30-32,34,36,50-51H,25-29,33H2,1-6H3. The molecule has 6 aromatic rings. The minimum absolute atomic E-state index is 0.0768. The van der Waals surface area contributed by atoms with Crippen molar-refractivity contribution >= 4 is 28.8 Å². The van der Waals surface area contributed by atoms with Gasteiger partial charge in [0.25, 0.3) is 0 Å². The molecule has 0 amide bonds. The van der Waals surface area contributed by atoms with Crippen LogP contribution in [0.1, 0.15) is 113 Å². The summed E-state index contributed by atoms with van der Waals surface area (Å²) in [6.07, 6.45) is 8.22. The molecule has 6 atom stereocenters. The van der Waals surface area contributed by atoms with Crippen molar-refractivity contribution in [2.75, 3.05) is 4.90 Å². The highest BCUT2D eigenvalue weighted by atomic mass is 32.2. The SMILES string of the molecule is CC1(C)CCC(C)(C)c2cc(N(c3ccc4c(c3)Sc3c(-c5ccccc5)cccc3C43C4CC5CC6CC3C64C5)c3ccc4c(c3)C(C)(C)c3ccccc3-4)ccc21. The fourth-order valence-electron chi connectivity index (χ4n) is 15.1. The summed E-state index contributed by atoms with van der Waals surface area (Å²) in [6, 6.07) is 50.2. The number of benzene rings is 6. The summed E-state index contributed by atoms with van der Waals surface area (Å²) in [5.74, 6) is 3.41. The lowest BCUT2D eigenvalue weighted by Gasteiger charge is -2.78. The van der Waals surface area contributed by atoms with Gasteiger partial charge < -0.3 is 4.90 Å². The number of hydrogen-bond donors (Lipinski definition) is 0. The van der Waals surface area contributed by atoms with Crippen LogP contribution in [0.5, 0.6) is 0 Å². The van der Waals surface area contributed by atoms with Gasteiger partial charge in [0.15, 0.2) is 0 Å². The van der Waals surface area contributed by atoms with Crippen LogP contribution in [0, 0.1) is 29.1 Å².